The van der Waals surface area contributed by atoms with Crippen molar-refractivity contribution in [2.45, 2.75) is 11.3 Å². The van der Waals surface area contributed by atoms with Crippen LogP contribution in [0.4, 0.5) is 5.13 Å². The lowest BCUT2D eigenvalue weighted by atomic mass is 10.1. The van der Waals surface area contributed by atoms with Gasteiger partial charge in [0, 0.05) is 37.6 Å². The maximum absolute atomic E-state index is 13.5. The Bertz CT molecular complexity index is 1430. The Morgan fingerprint density at radius 1 is 0.972 bits per heavy atom. The zero-order chi connectivity index (χ0) is 25.5. The number of sulfonamides is 1. The molecule has 0 aliphatic heterocycles. The SMILES string of the molecule is COCCN(CCC(=O)Nc1nnc(-c2ccc(OC)cc2)s1)S(=O)(=O)c1cccc2ccccc12. The fourth-order valence-corrected chi connectivity index (χ4v) is 6.04. The monoisotopic (exact) mass is 526 g/mol. The van der Waals surface area contributed by atoms with Gasteiger partial charge >= 0.3 is 0 Å². The number of ether oxygens (including phenoxy) is 2. The van der Waals surface area contributed by atoms with Gasteiger partial charge in [0.2, 0.25) is 21.1 Å². The summed E-state index contributed by atoms with van der Waals surface area (Å²) in [4.78, 5) is 12.9. The molecule has 0 radical (unpaired) electrons. The fourth-order valence-electron chi connectivity index (χ4n) is 3.64. The van der Waals surface area contributed by atoms with Crippen LogP contribution in [-0.2, 0) is 19.6 Å². The first-order valence-corrected chi connectivity index (χ1v) is 13.4. The van der Waals surface area contributed by atoms with Crippen LogP contribution >= 0.6 is 11.3 Å². The second kappa shape index (κ2) is 11.6. The van der Waals surface area contributed by atoms with Gasteiger partial charge in [0.15, 0.2) is 0 Å². The van der Waals surface area contributed by atoms with Crippen LogP contribution in [-0.4, -0.2) is 62.7 Å². The maximum Gasteiger partial charge on any atom is 0.243 e. The molecule has 0 aliphatic carbocycles. The Balaban J connectivity index is 1.45. The molecule has 9 nitrogen and oxygen atoms in total. The molecular formula is C25H26N4O5S2. The highest BCUT2D eigenvalue weighted by molar-refractivity contribution is 7.89. The van der Waals surface area contributed by atoms with Crippen molar-refractivity contribution in [3.63, 3.8) is 0 Å². The van der Waals surface area contributed by atoms with Crippen LogP contribution in [0.25, 0.3) is 21.3 Å². The number of nitrogens with zero attached hydrogens (tertiary/aromatic N) is 3. The lowest BCUT2D eigenvalue weighted by Gasteiger charge is -2.22. The third-order valence-corrected chi connectivity index (χ3v) is 8.35. The van der Waals surface area contributed by atoms with E-state index in [1.54, 1.807) is 31.4 Å². The zero-order valence-corrected chi connectivity index (χ0v) is 21.5. The van der Waals surface area contributed by atoms with Gasteiger partial charge in [-0.3, -0.25) is 4.79 Å². The number of rotatable bonds is 11. The summed E-state index contributed by atoms with van der Waals surface area (Å²) in [6.45, 7) is 0.313. The molecule has 0 aliphatic rings. The smallest absolute Gasteiger partial charge is 0.243 e. The average molecular weight is 527 g/mol. The first kappa shape index (κ1) is 25.7. The minimum absolute atomic E-state index is 0.00904. The van der Waals surface area contributed by atoms with Crippen LogP contribution in [0, 0.1) is 0 Å². The highest BCUT2D eigenvalue weighted by atomic mass is 32.2. The van der Waals surface area contributed by atoms with Crippen molar-refractivity contribution < 1.29 is 22.7 Å². The highest BCUT2D eigenvalue weighted by Gasteiger charge is 2.26. The number of nitrogens with one attached hydrogen (secondary N) is 1. The first-order chi connectivity index (χ1) is 17.4. The predicted molar refractivity (Wildman–Crippen MR) is 140 cm³/mol. The molecule has 1 N–H and O–H groups in total. The molecule has 1 amide bonds. The molecule has 3 aromatic carbocycles. The minimum Gasteiger partial charge on any atom is -0.497 e. The number of hydrogen-bond acceptors (Lipinski definition) is 8. The van der Waals surface area contributed by atoms with E-state index >= 15 is 0 Å². The van der Waals surface area contributed by atoms with Gasteiger partial charge in [-0.2, -0.15) is 4.31 Å². The highest BCUT2D eigenvalue weighted by Crippen LogP contribution is 2.28. The molecule has 4 aromatic rings. The lowest BCUT2D eigenvalue weighted by molar-refractivity contribution is -0.116. The van der Waals surface area contributed by atoms with E-state index < -0.39 is 10.0 Å². The summed E-state index contributed by atoms with van der Waals surface area (Å²) in [6.07, 6.45) is -0.0504. The van der Waals surface area contributed by atoms with Gasteiger partial charge in [-0.05, 0) is 35.7 Å². The summed E-state index contributed by atoms with van der Waals surface area (Å²) in [6, 6.07) is 19.8. The number of anilines is 1. The Hall–Kier alpha value is -3.38. The number of hydrogen-bond donors (Lipinski definition) is 1. The Labute approximate surface area is 213 Å². The van der Waals surface area contributed by atoms with Crippen LogP contribution in [0.2, 0.25) is 0 Å². The van der Waals surface area contributed by atoms with Crippen LogP contribution in [0.15, 0.2) is 71.6 Å². The van der Waals surface area contributed by atoms with Crippen LogP contribution in [0.3, 0.4) is 0 Å². The third-order valence-electron chi connectivity index (χ3n) is 5.51. The normalized spacial score (nSPS) is 11.6. The van der Waals surface area contributed by atoms with Gasteiger partial charge in [-0.1, -0.05) is 47.7 Å². The van der Waals surface area contributed by atoms with Crippen molar-refractivity contribution in [1.29, 1.82) is 0 Å². The molecule has 0 fully saturated rings. The van der Waals surface area contributed by atoms with E-state index in [2.05, 4.69) is 15.5 Å². The molecule has 0 atom stereocenters. The second-order valence-corrected chi connectivity index (χ2v) is 10.7. The molecule has 0 unspecified atom stereocenters. The van der Waals surface area contributed by atoms with Crippen LogP contribution < -0.4 is 10.1 Å². The number of benzene rings is 3. The van der Waals surface area contributed by atoms with E-state index in [0.29, 0.717) is 15.5 Å². The van der Waals surface area contributed by atoms with Gasteiger partial charge in [0.25, 0.3) is 0 Å². The summed E-state index contributed by atoms with van der Waals surface area (Å²) in [5.41, 5.74) is 0.848. The van der Waals surface area contributed by atoms with Crippen molar-refractivity contribution >= 4 is 43.2 Å². The molecule has 188 valence electrons. The maximum atomic E-state index is 13.5. The summed E-state index contributed by atoms with van der Waals surface area (Å²) < 4.78 is 38.6. The average Bonchev–Trinajstić information content (AvgIpc) is 3.36. The zero-order valence-electron chi connectivity index (χ0n) is 19.9. The third kappa shape index (κ3) is 5.88. The summed E-state index contributed by atoms with van der Waals surface area (Å²) in [5, 5.41) is 13.3. The van der Waals surface area contributed by atoms with Crippen molar-refractivity contribution in [1.82, 2.24) is 14.5 Å². The summed E-state index contributed by atoms with van der Waals surface area (Å²) >= 11 is 1.23. The van der Waals surface area contributed by atoms with Gasteiger partial charge in [-0.15, -0.1) is 10.2 Å². The second-order valence-electron chi connectivity index (χ2n) is 7.81. The quantitative estimate of drug-likeness (QED) is 0.314. The minimum atomic E-state index is -3.87. The van der Waals surface area contributed by atoms with Crippen LogP contribution in [0.1, 0.15) is 6.42 Å². The lowest BCUT2D eigenvalue weighted by Crippen LogP contribution is -2.36. The molecule has 36 heavy (non-hydrogen) atoms. The molecule has 0 saturated heterocycles. The molecule has 4 rings (SSSR count). The number of carbonyl (C=O) groups is 1. The number of methoxy groups -OCH3 is 2. The molecular weight excluding hydrogens is 500 g/mol. The van der Waals surface area contributed by atoms with Crippen molar-refractivity contribution in [2.75, 3.05) is 39.2 Å². The number of fused-ring (bicyclic) bond motifs is 1. The Morgan fingerprint density at radius 2 is 1.72 bits per heavy atom. The van der Waals surface area contributed by atoms with Crippen molar-refractivity contribution in [2.24, 2.45) is 0 Å². The fraction of sp³-hybridized carbons (Fsp3) is 0.240. The molecule has 0 saturated carbocycles. The molecule has 0 spiro atoms. The van der Waals surface area contributed by atoms with Gasteiger partial charge in [-0.25, -0.2) is 8.42 Å². The largest absolute Gasteiger partial charge is 0.497 e. The molecule has 1 aromatic heterocycles. The van der Waals surface area contributed by atoms with E-state index in [1.165, 1.54) is 22.8 Å². The Kier molecular flexibility index (Phi) is 8.26. The summed E-state index contributed by atoms with van der Waals surface area (Å²) in [7, 11) is -0.769. The van der Waals surface area contributed by atoms with Gasteiger partial charge < -0.3 is 14.8 Å². The summed E-state index contributed by atoms with van der Waals surface area (Å²) in [5.74, 6) is 0.372. The predicted octanol–water partition coefficient (Wildman–Crippen LogP) is 4.03. The van der Waals surface area contributed by atoms with Crippen LogP contribution in [0.5, 0.6) is 5.75 Å². The molecule has 0 bridgehead atoms. The number of aromatic nitrogens is 2. The standard InChI is InChI=1S/C25H26N4O5S2/c1-33-17-16-29(36(31,32)22-9-5-7-18-6-3-4-8-21(18)22)15-14-23(30)26-25-28-27-24(35-25)19-10-12-20(34-2)13-11-19/h3-13H,14-17H2,1-2H3,(H,26,28,30). The number of amides is 1. The van der Waals surface area contributed by atoms with Crippen molar-refractivity contribution in [3.8, 4) is 16.3 Å². The van der Waals surface area contributed by atoms with E-state index in [-0.39, 0.29) is 36.9 Å². The molecule has 1 heterocycles. The van der Waals surface area contributed by atoms with E-state index in [4.69, 9.17) is 9.47 Å². The molecule has 11 heteroatoms. The Morgan fingerprint density at radius 3 is 2.47 bits per heavy atom. The topological polar surface area (TPSA) is 111 Å². The number of carbonyl (C=O) groups excluding carboxylic acids is 1. The van der Waals surface area contributed by atoms with E-state index in [1.807, 2.05) is 42.5 Å². The van der Waals surface area contributed by atoms with E-state index in [0.717, 1.165) is 16.7 Å². The van der Waals surface area contributed by atoms with Crippen molar-refractivity contribution in [3.05, 3.63) is 66.7 Å². The van der Waals surface area contributed by atoms with Gasteiger partial charge in [0.1, 0.15) is 10.8 Å². The first-order valence-electron chi connectivity index (χ1n) is 11.2. The van der Waals surface area contributed by atoms with E-state index in [9.17, 15) is 13.2 Å². The van der Waals surface area contributed by atoms with Gasteiger partial charge in [0.05, 0.1) is 18.6 Å².